The number of ether oxygens (including phenoxy) is 1. The molecule has 0 amide bonds. The van der Waals surface area contributed by atoms with Crippen molar-refractivity contribution in [2.75, 3.05) is 25.6 Å². The summed E-state index contributed by atoms with van der Waals surface area (Å²) in [5.74, 6) is -0.731. The van der Waals surface area contributed by atoms with E-state index >= 15 is 0 Å². The molecule has 8 heteroatoms. The molecular formula is C11H17FN2O4S. The van der Waals surface area contributed by atoms with E-state index in [1.807, 2.05) is 0 Å². The van der Waals surface area contributed by atoms with Gasteiger partial charge < -0.3 is 15.2 Å². The number of nitrogens with two attached hydrogens (primary N) is 1. The Morgan fingerprint density at radius 3 is 2.68 bits per heavy atom. The number of methoxy groups -OCH3 is 1. The second-order valence-corrected chi connectivity index (χ2v) is 5.56. The molecule has 1 rings (SSSR count). The highest BCUT2D eigenvalue weighted by molar-refractivity contribution is 7.89. The third kappa shape index (κ3) is 4.75. The normalized spacial score (nSPS) is 13.3. The molecule has 0 spiro atoms. The van der Waals surface area contributed by atoms with Crippen LogP contribution in [0.4, 0.5) is 10.1 Å². The Morgan fingerprint density at radius 2 is 2.21 bits per heavy atom. The maximum absolute atomic E-state index is 13.7. The van der Waals surface area contributed by atoms with Gasteiger partial charge in [0.1, 0.15) is 5.82 Å². The number of benzene rings is 1. The molecule has 0 aromatic heterocycles. The number of sulfonamides is 1. The van der Waals surface area contributed by atoms with Crippen molar-refractivity contribution in [2.24, 2.45) is 5.14 Å². The molecule has 6 nitrogen and oxygen atoms in total. The van der Waals surface area contributed by atoms with Gasteiger partial charge >= 0.3 is 0 Å². The van der Waals surface area contributed by atoms with Gasteiger partial charge in [0.2, 0.25) is 10.0 Å². The summed E-state index contributed by atoms with van der Waals surface area (Å²) in [5, 5.41) is 16.6. The van der Waals surface area contributed by atoms with Crippen LogP contribution in [0.25, 0.3) is 0 Å². The molecule has 19 heavy (non-hydrogen) atoms. The average molecular weight is 292 g/mol. The Labute approximate surface area is 111 Å². The highest BCUT2D eigenvalue weighted by Gasteiger charge is 2.14. The van der Waals surface area contributed by atoms with Gasteiger partial charge in [0.15, 0.2) is 0 Å². The Morgan fingerprint density at radius 1 is 1.53 bits per heavy atom. The van der Waals surface area contributed by atoms with Crippen LogP contribution in [0.3, 0.4) is 0 Å². The summed E-state index contributed by atoms with van der Waals surface area (Å²) >= 11 is 0. The third-order valence-corrected chi connectivity index (χ3v) is 3.39. The lowest BCUT2D eigenvalue weighted by Gasteiger charge is -2.18. The Hall–Kier alpha value is -1.22. The molecule has 0 saturated heterocycles. The van der Waals surface area contributed by atoms with E-state index in [0.717, 1.165) is 6.07 Å². The zero-order valence-electron chi connectivity index (χ0n) is 10.5. The first-order valence-electron chi connectivity index (χ1n) is 5.57. The lowest BCUT2D eigenvalue weighted by molar-refractivity contribution is 0.170. The van der Waals surface area contributed by atoms with E-state index in [9.17, 15) is 12.8 Å². The molecule has 1 aromatic rings. The van der Waals surface area contributed by atoms with Gasteiger partial charge in [0.25, 0.3) is 0 Å². The summed E-state index contributed by atoms with van der Waals surface area (Å²) in [6.07, 6.45) is 0.379. The van der Waals surface area contributed by atoms with E-state index in [2.05, 4.69) is 5.32 Å². The highest BCUT2D eigenvalue weighted by Crippen LogP contribution is 2.19. The van der Waals surface area contributed by atoms with E-state index in [-0.39, 0.29) is 29.8 Å². The summed E-state index contributed by atoms with van der Waals surface area (Å²) in [5.41, 5.74) is 0.128. The number of primary sulfonamides is 1. The molecule has 0 aliphatic rings. The Balaban J connectivity index is 2.90. The molecule has 0 fully saturated rings. The number of rotatable bonds is 7. The number of anilines is 1. The van der Waals surface area contributed by atoms with E-state index in [0.29, 0.717) is 6.42 Å². The van der Waals surface area contributed by atoms with Gasteiger partial charge in [-0.25, -0.2) is 17.9 Å². The summed E-state index contributed by atoms with van der Waals surface area (Å²) in [6, 6.07) is 3.07. The maximum atomic E-state index is 13.7. The topological polar surface area (TPSA) is 102 Å². The van der Waals surface area contributed by atoms with E-state index < -0.39 is 15.8 Å². The number of hydrogen-bond acceptors (Lipinski definition) is 5. The summed E-state index contributed by atoms with van der Waals surface area (Å²) in [6.45, 7) is 0.217. The zero-order valence-corrected chi connectivity index (χ0v) is 11.3. The van der Waals surface area contributed by atoms with Gasteiger partial charge in [0, 0.05) is 13.7 Å². The predicted molar refractivity (Wildman–Crippen MR) is 68.8 cm³/mol. The fourth-order valence-electron chi connectivity index (χ4n) is 1.56. The van der Waals surface area contributed by atoms with Crippen LogP contribution < -0.4 is 10.5 Å². The van der Waals surface area contributed by atoms with Crippen molar-refractivity contribution in [3.8, 4) is 0 Å². The van der Waals surface area contributed by atoms with Crippen molar-refractivity contribution in [2.45, 2.75) is 17.4 Å². The molecule has 1 aromatic carbocycles. The monoisotopic (exact) mass is 292 g/mol. The lowest BCUT2D eigenvalue weighted by atomic mass is 10.2. The van der Waals surface area contributed by atoms with Crippen LogP contribution in [0.15, 0.2) is 23.1 Å². The second kappa shape index (κ2) is 6.80. The van der Waals surface area contributed by atoms with Crippen LogP contribution in [0, 0.1) is 5.82 Å². The third-order valence-electron chi connectivity index (χ3n) is 2.47. The number of aliphatic hydroxyl groups excluding tert-OH is 1. The minimum Gasteiger partial charge on any atom is -0.396 e. The first-order valence-corrected chi connectivity index (χ1v) is 7.11. The largest absolute Gasteiger partial charge is 0.396 e. The van der Waals surface area contributed by atoms with Crippen LogP contribution in [0.1, 0.15) is 6.42 Å². The van der Waals surface area contributed by atoms with Crippen molar-refractivity contribution >= 4 is 15.7 Å². The first-order chi connectivity index (χ1) is 8.88. The molecule has 4 N–H and O–H groups in total. The van der Waals surface area contributed by atoms with E-state index in [4.69, 9.17) is 15.0 Å². The van der Waals surface area contributed by atoms with Gasteiger partial charge in [-0.1, -0.05) is 0 Å². The number of nitrogens with one attached hydrogen (secondary N) is 1. The second-order valence-electron chi connectivity index (χ2n) is 4.00. The van der Waals surface area contributed by atoms with Crippen molar-refractivity contribution < 1.29 is 22.7 Å². The fourth-order valence-corrected chi connectivity index (χ4v) is 2.09. The molecule has 0 heterocycles. The van der Waals surface area contributed by atoms with Gasteiger partial charge in [-0.2, -0.15) is 0 Å². The highest BCUT2D eigenvalue weighted by atomic mass is 32.2. The maximum Gasteiger partial charge on any atom is 0.238 e. The molecule has 1 unspecified atom stereocenters. The first kappa shape index (κ1) is 15.8. The summed E-state index contributed by atoms with van der Waals surface area (Å²) < 4.78 is 40.8. The Bertz CT molecular complexity index is 515. The van der Waals surface area contributed by atoms with Crippen LogP contribution in [0.5, 0.6) is 0 Å². The van der Waals surface area contributed by atoms with Crippen molar-refractivity contribution in [3.63, 3.8) is 0 Å². The standard InChI is InChI=1S/C11H17FN2O4S/c1-18-7-8(4-5-15)14-11-3-2-9(6-10(11)12)19(13,16)17/h2-3,6,8,14-15H,4-5,7H2,1H3,(H2,13,16,17). The molecule has 0 aliphatic heterocycles. The lowest BCUT2D eigenvalue weighted by Crippen LogP contribution is -2.26. The van der Waals surface area contributed by atoms with Crippen LogP contribution in [-0.4, -0.2) is 39.9 Å². The molecule has 0 bridgehead atoms. The fraction of sp³-hybridized carbons (Fsp3) is 0.455. The Kier molecular flexibility index (Phi) is 5.67. The number of hydrogen-bond donors (Lipinski definition) is 3. The van der Waals surface area contributed by atoms with Crippen molar-refractivity contribution in [1.82, 2.24) is 0 Å². The quantitative estimate of drug-likeness (QED) is 0.670. The molecule has 0 aliphatic carbocycles. The molecule has 1 atom stereocenters. The zero-order chi connectivity index (χ0) is 14.5. The van der Waals surface area contributed by atoms with Gasteiger partial charge in [-0.15, -0.1) is 0 Å². The van der Waals surface area contributed by atoms with Crippen LogP contribution >= 0.6 is 0 Å². The van der Waals surface area contributed by atoms with E-state index in [1.165, 1.54) is 19.2 Å². The molecule has 0 radical (unpaired) electrons. The van der Waals surface area contributed by atoms with E-state index in [1.54, 1.807) is 0 Å². The SMILES string of the molecule is COCC(CCO)Nc1ccc(S(N)(=O)=O)cc1F. The minimum atomic E-state index is -3.92. The van der Waals surface area contributed by atoms with Gasteiger partial charge in [-0.05, 0) is 24.6 Å². The summed E-state index contributed by atoms with van der Waals surface area (Å²) in [7, 11) is -2.43. The molecule has 0 saturated carbocycles. The van der Waals surface area contributed by atoms with Crippen LogP contribution in [0.2, 0.25) is 0 Å². The molecular weight excluding hydrogens is 275 g/mol. The number of aliphatic hydroxyl groups is 1. The number of halogens is 1. The minimum absolute atomic E-state index is 0.0715. The summed E-state index contributed by atoms with van der Waals surface area (Å²) in [4.78, 5) is -0.291. The predicted octanol–water partition coefficient (Wildman–Crippen LogP) is 0.282. The average Bonchev–Trinajstić information content (AvgIpc) is 2.31. The van der Waals surface area contributed by atoms with Gasteiger partial charge in [-0.3, -0.25) is 0 Å². The molecule has 108 valence electrons. The smallest absolute Gasteiger partial charge is 0.238 e. The van der Waals surface area contributed by atoms with Crippen LogP contribution in [-0.2, 0) is 14.8 Å². The van der Waals surface area contributed by atoms with Crippen molar-refractivity contribution in [3.05, 3.63) is 24.0 Å². The van der Waals surface area contributed by atoms with Gasteiger partial charge in [0.05, 0.1) is 23.2 Å². The van der Waals surface area contributed by atoms with Crippen molar-refractivity contribution in [1.29, 1.82) is 0 Å².